The number of H-pyrrole nitrogens is 1. The Labute approximate surface area is 151 Å². The number of ether oxygens (including phenoxy) is 2. The number of Topliss-reactive ketones (excluding diaryl/α,β-unsaturated/α-hetero) is 1. The van der Waals surface area contributed by atoms with Crippen LogP contribution in [-0.4, -0.2) is 29.4 Å². The van der Waals surface area contributed by atoms with Gasteiger partial charge in [0.25, 0.3) is 0 Å². The molecule has 134 valence electrons. The van der Waals surface area contributed by atoms with E-state index in [-0.39, 0.29) is 12.4 Å². The molecule has 1 N–H and O–H groups in total. The van der Waals surface area contributed by atoms with Crippen LogP contribution in [0.15, 0.2) is 48.7 Å². The molecule has 0 saturated carbocycles. The normalized spacial score (nSPS) is 12.0. The number of carbonyl (C=O) groups excluding carboxylic acids is 2. The van der Waals surface area contributed by atoms with Gasteiger partial charge in [-0.05, 0) is 44.0 Å². The average Bonchev–Trinajstić information content (AvgIpc) is 3.05. The molecule has 0 aliphatic carbocycles. The molecule has 0 aliphatic heterocycles. The number of aromatic amines is 1. The van der Waals surface area contributed by atoms with Crippen molar-refractivity contribution in [1.82, 2.24) is 4.98 Å². The van der Waals surface area contributed by atoms with E-state index in [4.69, 9.17) is 9.47 Å². The number of hydrogen-bond donors (Lipinski definition) is 1. The van der Waals surface area contributed by atoms with Gasteiger partial charge >= 0.3 is 5.97 Å². The molecule has 5 nitrogen and oxygen atoms in total. The molecular formula is C21H21NO4. The van der Waals surface area contributed by atoms with Crippen molar-refractivity contribution < 1.29 is 19.1 Å². The zero-order valence-corrected chi connectivity index (χ0v) is 15.0. The van der Waals surface area contributed by atoms with Gasteiger partial charge in [-0.3, -0.25) is 4.79 Å². The topological polar surface area (TPSA) is 68.4 Å². The average molecular weight is 351 g/mol. The third-order valence-electron chi connectivity index (χ3n) is 4.22. The van der Waals surface area contributed by atoms with Crippen molar-refractivity contribution in [2.24, 2.45) is 0 Å². The van der Waals surface area contributed by atoms with Crippen molar-refractivity contribution in [3.8, 4) is 5.75 Å². The number of aryl methyl sites for hydroxylation is 2. The number of nitrogens with one attached hydrogen (secondary N) is 1. The summed E-state index contributed by atoms with van der Waals surface area (Å²) in [5.41, 5.74) is 3.36. The van der Waals surface area contributed by atoms with Gasteiger partial charge in [-0.25, -0.2) is 4.79 Å². The smallest absolute Gasteiger partial charge is 0.344 e. The molecule has 0 bridgehead atoms. The maximum atomic E-state index is 12.6. The fraction of sp³-hybridized carbons (Fsp3) is 0.238. The summed E-state index contributed by atoms with van der Waals surface area (Å²) in [6, 6.07) is 13.3. The Morgan fingerprint density at radius 3 is 2.69 bits per heavy atom. The minimum Gasteiger partial charge on any atom is -0.482 e. The van der Waals surface area contributed by atoms with Crippen LogP contribution in [-0.2, 0) is 9.53 Å². The molecule has 1 heterocycles. The molecule has 0 spiro atoms. The minimum atomic E-state index is -0.885. The molecule has 0 radical (unpaired) electrons. The van der Waals surface area contributed by atoms with Crippen LogP contribution in [0.25, 0.3) is 10.9 Å². The third kappa shape index (κ3) is 3.77. The van der Waals surface area contributed by atoms with Gasteiger partial charge in [-0.2, -0.15) is 0 Å². The van der Waals surface area contributed by atoms with Crippen molar-refractivity contribution in [1.29, 1.82) is 0 Å². The van der Waals surface area contributed by atoms with E-state index < -0.39 is 12.1 Å². The highest BCUT2D eigenvalue weighted by molar-refractivity contribution is 6.10. The zero-order chi connectivity index (χ0) is 18.7. The SMILES string of the molecule is Cc1ccc(C)c(OCC(=O)O[C@@H](C)C(=O)c2c[nH]c3ccccc23)c1. The number of hydrogen-bond acceptors (Lipinski definition) is 4. The summed E-state index contributed by atoms with van der Waals surface area (Å²) in [7, 11) is 0. The Bertz CT molecular complexity index is 958. The standard InChI is InChI=1S/C21H21NO4/c1-13-8-9-14(2)19(10-13)25-12-20(23)26-15(3)21(24)17-11-22-18-7-5-4-6-16(17)18/h4-11,15,22H,12H2,1-3H3/t15-/m0/s1. The molecule has 0 fully saturated rings. The third-order valence-corrected chi connectivity index (χ3v) is 4.22. The number of esters is 1. The summed E-state index contributed by atoms with van der Waals surface area (Å²) < 4.78 is 10.8. The van der Waals surface area contributed by atoms with Crippen LogP contribution in [0.5, 0.6) is 5.75 Å². The highest BCUT2D eigenvalue weighted by Gasteiger charge is 2.22. The number of rotatable bonds is 6. The van der Waals surface area contributed by atoms with E-state index in [1.54, 1.807) is 13.1 Å². The first kappa shape index (κ1) is 17.7. The highest BCUT2D eigenvalue weighted by Crippen LogP contribution is 2.21. The molecule has 3 rings (SSSR count). The first-order valence-corrected chi connectivity index (χ1v) is 8.45. The summed E-state index contributed by atoms with van der Waals surface area (Å²) in [5.74, 6) is -0.188. The van der Waals surface area contributed by atoms with Crippen LogP contribution < -0.4 is 4.74 Å². The van der Waals surface area contributed by atoms with Gasteiger partial charge in [0.2, 0.25) is 5.78 Å². The number of para-hydroxylation sites is 1. The first-order valence-electron chi connectivity index (χ1n) is 8.45. The van der Waals surface area contributed by atoms with Crippen LogP contribution in [0.1, 0.15) is 28.4 Å². The fourth-order valence-electron chi connectivity index (χ4n) is 2.78. The summed E-state index contributed by atoms with van der Waals surface area (Å²) >= 11 is 0. The van der Waals surface area contributed by atoms with Crippen LogP contribution in [0.3, 0.4) is 0 Å². The molecule has 0 aliphatic rings. The lowest BCUT2D eigenvalue weighted by molar-refractivity contribution is -0.148. The Hall–Kier alpha value is -3.08. The first-order chi connectivity index (χ1) is 12.5. The second-order valence-electron chi connectivity index (χ2n) is 6.30. The molecule has 1 atom stereocenters. The van der Waals surface area contributed by atoms with Crippen LogP contribution in [0, 0.1) is 13.8 Å². The van der Waals surface area contributed by atoms with Crippen molar-refractivity contribution in [2.45, 2.75) is 26.9 Å². The van der Waals surface area contributed by atoms with Gasteiger partial charge in [0.05, 0.1) is 0 Å². The van der Waals surface area contributed by atoms with Crippen LogP contribution >= 0.6 is 0 Å². The summed E-state index contributed by atoms with van der Waals surface area (Å²) in [4.78, 5) is 27.7. The second-order valence-corrected chi connectivity index (χ2v) is 6.30. The van der Waals surface area contributed by atoms with E-state index in [0.717, 1.165) is 22.0 Å². The van der Waals surface area contributed by atoms with E-state index in [9.17, 15) is 9.59 Å². The molecular weight excluding hydrogens is 330 g/mol. The molecule has 1 aromatic heterocycles. The van der Waals surface area contributed by atoms with Gasteiger partial charge in [0.15, 0.2) is 12.7 Å². The van der Waals surface area contributed by atoms with Crippen molar-refractivity contribution in [2.75, 3.05) is 6.61 Å². The predicted octanol–water partition coefficient (Wildman–Crippen LogP) is 3.98. The summed E-state index contributed by atoms with van der Waals surface area (Å²) in [5, 5.41) is 0.812. The minimum absolute atomic E-state index is 0.240. The number of carbonyl (C=O) groups is 2. The Kier molecular flexibility index (Phi) is 5.07. The molecule has 0 amide bonds. The fourth-order valence-corrected chi connectivity index (χ4v) is 2.78. The molecule has 26 heavy (non-hydrogen) atoms. The van der Waals surface area contributed by atoms with Gasteiger partial charge < -0.3 is 14.5 Å². The molecule has 0 unspecified atom stereocenters. The quantitative estimate of drug-likeness (QED) is 0.539. The summed E-state index contributed by atoms with van der Waals surface area (Å²) in [6.07, 6.45) is 0.758. The lowest BCUT2D eigenvalue weighted by Crippen LogP contribution is -2.27. The lowest BCUT2D eigenvalue weighted by atomic mass is 10.1. The van der Waals surface area contributed by atoms with Gasteiger partial charge in [-0.1, -0.05) is 30.3 Å². The van der Waals surface area contributed by atoms with E-state index in [1.165, 1.54) is 0 Å². The van der Waals surface area contributed by atoms with E-state index in [2.05, 4.69) is 4.98 Å². The van der Waals surface area contributed by atoms with Crippen molar-refractivity contribution >= 4 is 22.7 Å². The maximum Gasteiger partial charge on any atom is 0.344 e. The number of fused-ring (bicyclic) bond motifs is 1. The van der Waals surface area contributed by atoms with Crippen LogP contribution in [0.2, 0.25) is 0 Å². The molecule has 2 aromatic carbocycles. The molecule has 0 saturated heterocycles. The molecule has 5 heteroatoms. The Balaban J connectivity index is 1.62. The van der Waals surface area contributed by atoms with Gasteiger partial charge in [-0.15, -0.1) is 0 Å². The number of benzene rings is 2. The van der Waals surface area contributed by atoms with Crippen LogP contribution in [0.4, 0.5) is 0 Å². The second kappa shape index (κ2) is 7.44. The Morgan fingerprint density at radius 1 is 1.12 bits per heavy atom. The number of ketones is 1. The van der Waals surface area contributed by atoms with Gasteiger partial charge in [0, 0.05) is 22.7 Å². The van der Waals surface area contributed by atoms with Gasteiger partial charge in [0.1, 0.15) is 5.75 Å². The predicted molar refractivity (Wildman–Crippen MR) is 99.6 cm³/mol. The lowest BCUT2D eigenvalue weighted by Gasteiger charge is -2.13. The van der Waals surface area contributed by atoms with E-state index in [0.29, 0.717) is 11.3 Å². The van der Waals surface area contributed by atoms with E-state index in [1.807, 2.05) is 56.3 Å². The zero-order valence-electron chi connectivity index (χ0n) is 15.0. The van der Waals surface area contributed by atoms with E-state index >= 15 is 0 Å². The Morgan fingerprint density at radius 2 is 1.88 bits per heavy atom. The highest BCUT2D eigenvalue weighted by atomic mass is 16.6. The maximum absolute atomic E-state index is 12.6. The largest absolute Gasteiger partial charge is 0.482 e. The molecule has 3 aromatic rings. The number of aromatic nitrogens is 1. The monoisotopic (exact) mass is 351 g/mol. The summed E-state index contributed by atoms with van der Waals surface area (Å²) in [6.45, 7) is 5.19. The van der Waals surface area contributed by atoms with Crippen molar-refractivity contribution in [3.05, 3.63) is 65.4 Å². The van der Waals surface area contributed by atoms with Crippen molar-refractivity contribution in [3.63, 3.8) is 0 Å².